The first-order valence-corrected chi connectivity index (χ1v) is 8.47. The largest absolute Gasteiger partial charge is 0.271 e. The van der Waals surface area contributed by atoms with Crippen molar-refractivity contribution in [3.05, 3.63) is 65.7 Å². The predicted octanol–water partition coefficient (Wildman–Crippen LogP) is 3.72. The third-order valence-corrected chi connectivity index (χ3v) is 5.33. The van der Waals surface area contributed by atoms with Gasteiger partial charge >= 0.3 is 0 Å². The van der Waals surface area contributed by atoms with E-state index in [9.17, 15) is 0 Å². The van der Waals surface area contributed by atoms with Gasteiger partial charge in [-0.2, -0.15) is 0 Å². The van der Waals surface area contributed by atoms with Crippen molar-refractivity contribution in [1.29, 1.82) is 0 Å². The number of aryl methyl sites for hydroxylation is 1. The van der Waals surface area contributed by atoms with Crippen molar-refractivity contribution < 1.29 is 0 Å². The van der Waals surface area contributed by atoms with Crippen molar-refractivity contribution >= 4 is 11.8 Å². The van der Waals surface area contributed by atoms with E-state index in [0.29, 0.717) is 17.9 Å². The van der Waals surface area contributed by atoms with Gasteiger partial charge in [-0.1, -0.05) is 48.0 Å². The molecule has 110 valence electrons. The fourth-order valence-corrected chi connectivity index (χ4v) is 4.09. The predicted molar refractivity (Wildman–Crippen MR) is 90.3 cm³/mol. The Morgan fingerprint density at radius 1 is 1.19 bits per heavy atom. The van der Waals surface area contributed by atoms with Crippen molar-refractivity contribution in [3.63, 3.8) is 0 Å². The molecule has 3 rings (SSSR count). The number of hydrogen-bond acceptors (Lipinski definition) is 3. The van der Waals surface area contributed by atoms with Gasteiger partial charge in [0.05, 0.1) is 0 Å². The van der Waals surface area contributed by atoms with Crippen molar-refractivity contribution in [3.8, 4) is 0 Å². The van der Waals surface area contributed by atoms with E-state index in [1.165, 1.54) is 22.4 Å². The number of nitrogens with two attached hydrogens (primary N) is 1. The summed E-state index contributed by atoms with van der Waals surface area (Å²) >= 11 is 1.89. The van der Waals surface area contributed by atoms with Crippen LogP contribution in [0.15, 0.2) is 59.5 Å². The number of rotatable bonds is 6. The summed E-state index contributed by atoms with van der Waals surface area (Å²) in [6.45, 7) is 2.13. The molecule has 1 saturated carbocycles. The van der Waals surface area contributed by atoms with Gasteiger partial charge in [0.1, 0.15) is 0 Å². The minimum Gasteiger partial charge on any atom is -0.271 e. The average Bonchev–Trinajstić information content (AvgIpc) is 3.29. The van der Waals surface area contributed by atoms with Gasteiger partial charge in [0, 0.05) is 16.7 Å². The van der Waals surface area contributed by atoms with E-state index < -0.39 is 0 Å². The van der Waals surface area contributed by atoms with Crippen LogP contribution in [0.5, 0.6) is 0 Å². The number of benzene rings is 2. The molecule has 1 aliphatic rings. The maximum Gasteiger partial charge on any atom is 0.0338 e. The van der Waals surface area contributed by atoms with Gasteiger partial charge in [-0.15, -0.1) is 11.8 Å². The third kappa shape index (κ3) is 3.67. The molecule has 1 aliphatic carbocycles. The van der Waals surface area contributed by atoms with Crippen molar-refractivity contribution in [2.24, 2.45) is 11.8 Å². The van der Waals surface area contributed by atoms with Gasteiger partial charge in [0.2, 0.25) is 0 Å². The molecule has 0 heterocycles. The Labute approximate surface area is 131 Å². The lowest BCUT2D eigenvalue weighted by Crippen LogP contribution is -2.39. The highest BCUT2D eigenvalue weighted by Gasteiger charge is 2.43. The smallest absolute Gasteiger partial charge is 0.0338 e. The highest BCUT2D eigenvalue weighted by Crippen LogP contribution is 2.50. The number of hydrogen-bond donors (Lipinski definition) is 2. The molecule has 0 saturated heterocycles. The van der Waals surface area contributed by atoms with Gasteiger partial charge < -0.3 is 0 Å². The molecular weight excluding hydrogens is 276 g/mol. The van der Waals surface area contributed by atoms with Crippen molar-refractivity contribution in [2.45, 2.75) is 30.2 Å². The van der Waals surface area contributed by atoms with Crippen LogP contribution < -0.4 is 11.3 Å². The van der Waals surface area contributed by atoms with Crippen LogP contribution in [0.2, 0.25) is 0 Å². The summed E-state index contributed by atoms with van der Waals surface area (Å²) in [6.07, 6.45) is 1.24. The Kier molecular flexibility index (Phi) is 4.63. The maximum absolute atomic E-state index is 5.78. The normalized spacial score (nSPS) is 22.0. The van der Waals surface area contributed by atoms with Crippen LogP contribution in [0.3, 0.4) is 0 Å². The molecule has 0 aliphatic heterocycles. The quantitative estimate of drug-likeness (QED) is 0.485. The number of hydrazine groups is 1. The lowest BCUT2D eigenvalue weighted by Gasteiger charge is -2.16. The van der Waals surface area contributed by atoms with Gasteiger partial charge in [0.15, 0.2) is 0 Å². The molecule has 0 amide bonds. The van der Waals surface area contributed by atoms with Crippen LogP contribution in [-0.4, -0.2) is 11.8 Å². The molecule has 0 radical (unpaired) electrons. The minimum atomic E-state index is 0.376. The lowest BCUT2D eigenvalue weighted by atomic mass is 10.1. The molecule has 0 bridgehead atoms. The first-order chi connectivity index (χ1) is 10.3. The fourth-order valence-electron chi connectivity index (χ4n) is 2.93. The van der Waals surface area contributed by atoms with E-state index in [2.05, 4.69) is 66.9 Å². The zero-order valence-electron chi connectivity index (χ0n) is 12.3. The summed E-state index contributed by atoms with van der Waals surface area (Å²) in [5, 5.41) is 0. The van der Waals surface area contributed by atoms with Gasteiger partial charge in [-0.3, -0.25) is 11.3 Å². The Morgan fingerprint density at radius 2 is 2.00 bits per heavy atom. The van der Waals surface area contributed by atoms with E-state index >= 15 is 0 Å². The van der Waals surface area contributed by atoms with E-state index in [0.717, 1.165) is 5.75 Å². The Morgan fingerprint density at radius 3 is 2.71 bits per heavy atom. The standard InChI is InChI=1S/C18H22N2S/c1-13-6-5-9-15(10-13)21-12-18(20-19)17-11-16(17)14-7-3-2-4-8-14/h2-10,16-18,20H,11-12,19H2,1H3. The molecule has 0 aromatic heterocycles. The second-order valence-electron chi connectivity index (χ2n) is 5.82. The van der Waals surface area contributed by atoms with E-state index in [4.69, 9.17) is 5.84 Å². The highest BCUT2D eigenvalue weighted by molar-refractivity contribution is 7.99. The summed E-state index contributed by atoms with van der Waals surface area (Å²) in [6, 6.07) is 19.8. The number of nitrogens with one attached hydrogen (secondary N) is 1. The van der Waals surface area contributed by atoms with E-state index in [-0.39, 0.29) is 0 Å². The second-order valence-corrected chi connectivity index (χ2v) is 6.91. The Bertz CT molecular complexity index is 585. The molecule has 2 aromatic rings. The maximum atomic E-state index is 5.78. The molecular formula is C18H22N2S. The van der Waals surface area contributed by atoms with Crippen molar-refractivity contribution in [1.82, 2.24) is 5.43 Å². The van der Waals surface area contributed by atoms with Crippen LogP contribution in [0.4, 0.5) is 0 Å². The first kappa shape index (κ1) is 14.6. The summed E-state index contributed by atoms with van der Waals surface area (Å²) in [7, 11) is 0. The fraction of sp³-hybridized carbons (Fsp3) is 0.333. The molecule has 21 heavy (non-hydrogen) atoms. The van der Waals surface area contributed by atoms with E-state index in [1.54, 1.807) is 0 Å². The zero-order valence-corrected chi connectivity index (χ0v) is 13.1. The third-order valence-electron chi connectivity index (χ3n) is 4.22. The molecule has 3 heteroatoms. The molecule has 3 unspecified atom stereocenters. The summed E-state index contributed by atoms with van der Waals surface area (Å²) in [5.74, 6) is 8.14. The molecule has 3 atom stereocenters. The van der Waals surface area contributed by atoms with Gasteiger partial charge in [0.25, 0.3) is 0 Å². The van der Waals surface area contributed by atoms with Crippen LogP contribution in [0.1, 0.15) is 23.5 Å². The summed E-state index contributed by atoms with van der Waals surface area (Å²) < 4.78 is 0. The zero-order chi connectivity index (χ0) is 14.7. The molecule has 2 aromatic carbocycles. The molecule has 3 N–H and O–H groups in total. The minimum absolute atomic E-state index is 0.376. The molecule has 1 fully saturated rings. The Hall–Kier alpha value is -1.29. The van der Waals surface area contributed by atoms with Crippen molar-refractivity contribution in [2.75, 3.05) is 5.75 Å². The van der Waals surface area contributed by atoms with Gasteiger partial charge in [-0.05, 0) is 42.9 Å². The SMILES string of the molecule is Cc1cccc(SCC(NN)C2CC2c2ccccc2)c1. The number of thioether (sulfide) groups is 1. The first-order valence-electron chi connectivity index (χ1n) is 7.48. The van der Waals surface area contributed by atoms with Crippen LogP contribution in [-0.2, 0) is 0 Å². The summed E-state index contributed by atoms with van der Waals surface area (Å²) in [5.41, 5.74) is 5.79. The monoisotopic (exact) mass is 298 g/mol. The van der Waals surface area contributed by atoms with Crippen LogP contribution in [0.25, 0.3) is 0 Å². The summed E-state index contributed by atoms with van der Waals surface area (Å²) in [4.78, 5) is 1.33. The van der Waals surface area contributed by atoms with Crippen LogP contribution >= 0.6 is 11.8 Å². The van der Waals surface area contributed by atoms with E-state index in [1.807, 2.05) is 11.8 Å². The van der Waals surface area contributed by atoms with Crippen LogP contribution in [0, 0.1) is 12.8 Å². The topological polar surface area (TPSA) is 38.0 Å². The second kappa shape index (κ2) is 6.65. The lowest BCUT2D eigenvalue weighted by molar-refractivity contribution is 0.511. The average molecular weight is 298 g/mol. The highest BCUT2D eigenvalue weighted by atomic mass is 32.2. The van der Waals surface area contributed by atoms with Gasteiger partial charge in [-0.25, -0.2) is 0 Å². The molecule has 0 spiro atoms. The Balaban J connectivity index is 1.57. The molecule has 2 nitrogen and oxygen atoms in total.